The zero-order valence-electron chi connectivity index (χ0n) is 14.4. The number of rotatable bonds is 6. The number of ether oxygens (including phenoxy) is 1. The summed E-state index contributed by atoms with van der Waals surface area (Å²) in [6.45, 7) is 3.50. The first-order valence-electron chi connectivity index (χ1n) is 8.06. The van der Waals surface area contributed by atoms with E-state index in [9.17, 15) is 9.59 Å². The number of para-hydroxylation sites is 2. The number of nitrogens with zero attached hydrogens (tertiary/aromatic N) is 1. The highest BCUT2D eigenvalue weighted by molar-refractivity contribution is 7.99. The predicted molar refractivity (Wildman–Crippen MR) is 100 cm³/mol. The minimum atomic E-state index is -0.895. The molecule has 0 aliphatic carbocycles. The second-order valence-electron chi connectivity index (χ2n) is 5.72. The molecule has 2 aromatic carbocycles. The van der Waals surface area contributed by atoms with Crippen LogP contribution in [0.3, 0.4) is 0 Å². The Morgan fingerprint density at radius 1 is 1.19 bits per heavy atom. The quantitative estimate of drug-likeness (QED) is 0.525. The molecule has 1 atom stereocenters. The Morgan fingerprint density at radius 2 is 1.92 bits per heavy atom. The summed E-state index contributed by atoms with van der Waals surface area (Å²) in [6.07, 6.45) is -0.895. The van der Waals surface area contributed by atoms with Crippen molar-refractivity contribution in [2.24, 2.45) is 0 Å². The van der Waals surface area contributed by atoms with Crippen molar-refractivity contribution >= 4 is 40.4 Å². The van der Waals surface area contributed by atoms with Gasteiger partial charge in [-0.25, -0.2) is 4.98 Å². The molecule has 1 amide bonds. The molecule has 7 heteroatoms. The summed E-state index contributed by atoms with van der Waals surface area (Å²) < 4.78 is 10.7. The second kappa shape index (κ2) is 8.05. The van der Waals surface area contributed by atoms with Crippen LogP contribution in [0.2, 0.25) is 0 Å². The minimum absolute atomic E-state index is 0.00890. The van der Waals surface area contributed by atoms with Gasteiger partial charge in [0.2, 0.25) is 0 Å². The number of hydrogen-bond acceptors (Lipinski definition) is 6. The lowest BCUT2D eigenvalue weighted by molar-refractivity contribution is -0.150. The summed E-state index contributed by atoms with van der Waals surface area (Å²) in [5.74, 6) is -0.882. The number of carbonyl (C=O) groups excluding carboxylic acids is 2. The molecule has 0 aliphatic heterocycles. The maximum Gasteiger partial charge on any atom is 0.317 e. The molecule has 134 valence electrons. The molecular formula is C19H18N2O4S. The average molecular weight is 370 g/mol. The third kappa shape index (κ3) is 4.64. The van der Waals surface area contributed by atoms with Gasteiger partial charge in [-0.3, -0.25) is 9.59 Å². The van der Waals surface area contributed by atoms with Crippen molar-refractivity contribution in [3.05, 3.63) is 54.1 Å². The zero-order chi connectivity index (χ0) is 18.5. The number of amides is 1. The number of hydrogen-bond donors (Lipinski definition) is 1. The fourth-order valence-electron chi connectivity index (χ4n) is 2.20. The second-order valence-corrected chi connectivity index (χ2v) is 6.65. The molecule has 0 bridgehead atoms. The first kappa shape index (κ1) is 18.0. The molecule has 3 rings (SSSR count). The molecule has 0 spiro atoms. The Balaban J connectivity index is 1.48. The summed E-state index contributed by atoms with van der Waals surface area (Å²) in [4.78, 5) is 28.3. The lowest BCUT2D eigenvalue weighted by atomic mass is 10.2. The number of nitrogens with one attached hydrogen (secondary N) is 1. The number of anilines is 1. The summed E-state index contributed by atoms with van der Waals surface area (Å²) >= 11 is 1.13. The molecule has 1 heterocycles. The van der Waals surface area contributed by atoms with Crippen molar-refractivity contribution in [1.29, 1.82) is 0 Å². The van der Waals surface area contributed by atoms with Crippen LogP contribution in [0.1, 0.15) is 12.5 Å². The Bertz CT molecular complexity index is 888. The van der Waals surface area contributed by atoms with Crippen LogP contribution in [0.5, 0.6) is 0 Å². The van der Waals surface area contributed by atoms with Crippen LogP contribution >= 0.6 is 11.8 Å². The molecule has 0 radical (unpaired) electrons. The van der Waals surface area contributed by atoms with E-state index < -0.39 is 12.1 Å². The highest BCUT2D eigenvalue weighted by atomic mass is 32.2. The molecule has 1 aromatic heterocycles. The van der Waals surface area contributed by atoms with E-state index >= 15 is 0 Å². The van der Waals surface area contributed by atoms with Crippen molar-refractivity contribution in [2.75, 3.05) is 11.1 Å². The van der Waals surface area contributed by atoms with E-state index in [0.29, 0.717) is 16.5 Å². The Kier molecular flexibility index (Phi) is 5.58. The molecule has 0 unspecified atom stereocenters. The standard InChI is InChI=1S/C19H18N2O4S/c1-12-7-9-14(10-8-12)20-18(23)13(2)24-17(22)11-26-19-21-15-5-3-4-6-16(15)25-19/h3-10,13H,11H2,1-2H3,(H,20,23)/t13-/m1/s1. The largest absolute Gasteiger partial charge is 0.452 e. The maximum atomic E-state index is 12.1. The van der Waals surface area contributed by atoms with E-state index in [2.05, 4.69) is 10.3 Å². The molecule has 6 nitrogen and oxygen atoms in total. The van der Waals surface area contributed by atoms with E-state index in [1.165, 1.54) is 6.92 Å². The average Bonchev–Trinajstić information content (AvgIpc) is 3.05. The lowest BCUT2D eigenvalue weighted by Gasteiger charge is -2.13. The van der Waals surface area contributed by atoms with Crippen LogP contribution in [0.25, 0.3) is 11.1 Å². The molecule has 0 aliphatic rings. The van der Waals surface area contributed by atoms with E-state index in [4.69, 9.17) is 9.15 Å². The highest BCUT2D eigenvalue weighted by Crippen LogP contribution is 2.23. The van der Waals surface area contributed by atoms with Crippen LogP contribution in [0, 0.1) is 6.92 Å². The van der Waals surface area contributed by atoms with Crippen molar-refractivity contribution < 1.29 is 18.7 Å². The minimum Gasteiger partial charge on any atom is -0.452 e. The van der Waals surface area contributed by atoms with Gasteiger partial charge in [-0.05, 0) is 38.1 Å². The monoisotopic (exact) mass is 370 g/mol. The van der Waals surface area contributed by atoms with Crippen LogP contribution in [-0.4, -0.2) is 28.7 Å². The molecule has 0 saturated carbocycles. The Hall–Kier alpha value is -2.80. The van der Waals surface area contributed by atoms with E-state index in [-0.39, 0.29) is 11.7 Å². The highest BCUT2D eigenvalue weighted by Gasteiger charge is 2.19. The van der Waals surface area contributed by atoms with Gasteiger partial charge < -0.3 is 14.5 Å². The van der Waals surface area contributed by atoms with Crippen LogP contribution < -0.4 is 5.32 Å². The smallest absolute Gasteiger partial charge is 0.317 e. The van der Waals surface area contributed by atoms with Crippen LogP contribution in [0.4, 0.5) is 5.69 Å². The van der Waals surface area contributed by atoms with Gasteiger partial charge in [0.15, 0.2) is 11.7 Å². The van der Waals surface area contributed by atoms with Crippen LogP contribution in [-0.2, 0) is 14.3 Å². The summed E-state index contributed by atoms with van der Waals surface area (Å²) in [6, 6.07) is 14.7. The first-order valence-corrected chi connectivity index (χ1v) is 9.05. The fraction of sp³-hybridized carbons (Fsp3) is 0.211. The van der Waals surface area contributed by atoms with Gasteiger partial charge in [0.05, 0.1) is 0 Å². The molecular weight excluding hydrogens is 352 g/mol. The van der Waals surface area contributed by atoms with Gasteiger partial charge >= 0.3 is 5.97 Å². The van der Waals surface area contributed by atoms with Gasteiger partial charge in [-0.2, -0.15) is 0 Å². The number of carbonyl (C=O) groups is 2. The third-order valence-electron chi connectivity index (χ3n) is 3.58. The summed E-state index contributed by atoms with van der Waals surface area (Å²) in [5.41, 5.74) is 3.14. The topological polar surface area (TPSA) is 81.4 Å². The zero-order valence-corrected chi connectivity index (χ0v) is 15.2. The Labute approximate surface area is 154 Å². The fourth-order valence-corrected chi connectivity index (χ4v) is 2.82. The number of aryl methyl sites for hydroxylation is 1. The van der Waals surface area contributed by atoms with Gasteiger partial charge in [-0.15, -0.1) is 0 Å². The number of fused-ring (bicyclic) bond motifs is 1. The predicted octanol–water partition coefficient (Wildman–Crippen LogP) is 3.80. The number of esters is 1. The van der Waals surface area contributed by atoms with E-state index in [1.54, 1.807) is 12.1 Å². The summed E-state index contributed by atoms with van der Waals surface area (Å²) in [5, 5.41) is 3.10. The lowest BCUT2D eigenvalue weighted by Crippen LogP contribution is -2.30. The molecule has 0 saturated heterocycles. The molecule has 3 aromatic rings. The van der Waals surface area contributed by atoms with Gasteiger partial charge in [-0.1, -0.05) is 41.6 Å². The van der Waals surface area contributed by atoms with E-state index in [0.717, 1.165) is 22.8 Å². The number of oxazole rings is 1. The van der Waals surface area contributed by atoms with Gasteiger partial charge in [0.25, 0.3) is 11.1 Å². The van der Waals surface area contributed by atoms with Crippen molar-refractivity contribution in [3.8, 4) is 0 Å². The SMILES string of the molecule is Cc1ccc(NC(=O)[C@@H](C)OC(=O)CSc2nc3ccccc3o2)cc1. The third-order valence-corrected chi connectivity index (χ3v) is 4.39. The normalized spacial score (nSPS) is 11.9. The Morgan fingerprint density at radius 3 is 2.65 bits per heavy atom. The maximum absolute atomic E-state index is 12.1. The number of aromatic nitrogens is 1. The molecule has 26 heavy (non-hydrogen) atoms. The van der Waals surface area contributed by atoms with Gasteiger partial charge in [0, 0.05) is 5.69 Å². The summed E-state index contributed by atoms with van der Waals surface area (Å²) in [7, 11) is 0. The number of thioether (sulfide) groups is 1. The van der Waals surface area contributed by atoms with E-state index in [1.807, 2.05) is 43.3 Å². The van der Waals surface area contributed by atoms with Crippen LogP contribution in [0.15, 0.2) is 58.2 Å². The van der Waals surface area contributed by atoms with Crippen molar-refractivity contribution in [1.82, 2.24) is 4.98 Å². The van der Waals surface area contributed by atoms with Crippen molar-refractivity contribution in [2.45, 2.75) is 25.2 Å². The molecule has 0 fully saturated rings. The number of benzene rings is 2. The molecule has 1 N–H and O–H groups in total. The first-order chi connectivity index (χ1) is 12.5. The van der Waals surface area contributed by atoms with Crippen molar-refractivity contribution in [3.63, 3.8) is 0 Å². The van der Waals surface area contributed by atoms with Gasteiger partial charge in [0.1, 0.15) is 11.3 Å².